The van der Waals surface area contributed by atoms with Crippen molar-refractivity contribution in [2.75, 3.05) is 38.0 Å². The molecule has 0 radical (unpaired) electrons. The fourth-order valence-electron chi connectivity index (χ4n) is 3.53. The van der Waals surface area contributed by atoms with Crippen LogP contribution in [-0.2, 0) is 9.59 Å². The molecule has 2 aromatic rings. The van der Waals surface area contributed by atoms with Crippen LogP contribution in [0.25, 0.3) is 6.08 Å². The van der Waals surface area contributed by atoms with Gasteiger partial charge >= 0.3 is 0 Å². The number of benzene rings is 2. The molecule has 0 saturated carbocycles. The number of nitrogens with one attached hydrogen (secondary N) is 2. The molecule has 0 spiro atoms. The zero-order valence-corrected chi connectivity index (χ0v) is 16.9. The molecule has 1 fully saturated rings. The molecule has 1 aliphatic rings. The number of carbonyl (C=O) groups excluding carboxylic acids is 2. The summed E-state index contributed by atoms with van der Waals surface area (Å²) in [5.74, 6) is -0.424. The highest BCUT2D eigenvalue weighted by Gasteiger charge is 2.24. The number of nitrogens with zero attached hydrogens (tertiary/aromatic N) is 1. The number of rotatable bonds is 5. The van der Waals surface area contributed by atoms with Gasteiger partial charge in [0.05, 0.1) is 26.2 Å². The highest BCUT2D eigenvalue weighted by molar-refractivity contribution is 5.93. The predicted octanol–water partition coefficient (Wildman–Crippen LogP) is 1.82. The van der Waals surface area contributed by atoms with Gasteiger partial charge in [-0.1, -0.05) is 30.3 Å². The lowest BCUT2D eigenvalue weighted by Gasteiger charge is -2.31. The van der Waals surface area contributed by atoms with Gasteiger partial charge in [0.1, 0.15) is 5.82 Å². The molecule has 1 heterocycles. The molecule has 152 valence electrons. The minimum atomic E-state index is -0.323. The van der Waals surface area contributed by atoms with Crippen LogP contribution in [0, 0.1) is 19.7 Å². The molecule has 3 rings (SSSR count). The fraction of sp³-hybridized carbons (Fsp3) is 0.304. The number of hydrogen-bond donors (Lipinski definition) is 2. The van der Waals surface area contributed by atoms with E-state index >= 15 is 0 Å². The summed E-state index contributed by atoms with van der Waals surface area (Å²) in [6, 6.07) is 12.1. The third-order valence-corrected chi connectivity index (χ3v) is 5.21. The molecule has 1 aliphatic heterocycles. The van der Waals surface area contributed by atoms with E-state index in [0.717, 1.165) is 34.8 Å². The lowest BCUT2D eigenvalue weighted by Crippen LogP contribution is -3.15. The molecule has 0 bridgehead atoms. The van der Waals surface area contributed by atoms with Crippen LogP contribution in [0.3, 0.4) is 0 Å². The first-order chi connectivity index (χ1) is 13.9. The van der Waals surface area contributed by atoms with Gasteiger partial charge in [-0.3, -0.25) is 9.59 Å². The first-order valence-electron chi connectivity index (χ1n) is 9.84. The first kappa shape index (κ1) is 20.7. The van der Waals surface area contributed by atoms with Crippen molar-refractivity contribution in [3.05, 3.63) is 71.0 Å². The molecule has 0 aromatic heterocycles. The Morgan fingerprint density at radius 2 is 1.76 bits per heavy atom. The second kappa shape index (κ2) is 9.47. The van der Waals surface area contributed by atoms with Gasteiger partial charge in [0.15, 0.2) is 6.54 Å². The summed E-state index contributed by atoms with van der Waals surface area (Å²) in [4.78, 5) is 27.7. The van der Waals surface area contributed by atoms with Gasteiger partial charge in [-0.2, -0.15) is 0 Å². The number of anilines is 1. The van der Waals surface area contributed by atoms with Gasteiger partial charge in [0, 0.05) is 11.8 Å². The van der Waals surface area contributed by atoms with Gasteiger partial charge in [-0.15, -0.1) is 0 Å². The van der Waals surface area contributed by atoms with E-state index < -0.39 is 0 Å². The minimum Gasteiger partial charge on any atom is -0.328 e. The lowest BCUT2D eigenvalue weighted by molar-refractivity contribution is -0.895. The zero-order chi connectivity index (χ0) is 20.8. The second-order valence-electron chi connectivity index (χ2n) is 7.46. The van der Waals surface area contributed by atoms with Crippen molar-refractivity contribution in [2.24, 2.45) is 0 Å². The number of piperazine rings is 1. The molecule has 0 atom stereocenters. The smallest absolute Gasteiger partial charge is 0.279 e. The van der Waals surface area contributed by atoms with Crippen molar-refractivity contribution in [1.82, 2.24) is 4.90 Å². The van der Waals surface area contributed by atoms with E-state index in [1.807, 2.05) is 32.0 Å². The van der Waals surface area contributed by atoms with Gasteiger partial charge in [-0.05, 0) is 48.7 Å². The van der Waals surface area contributed by atoms with Crippen LogP contribution in [0.1, 0.15) is 16.7 Å². The molecule has 29 heavy (non-hydrogen) atoms. The van der Waals surface area contributed by atoms with Crippen molar-refractivity contribution in [3.8, 4) is 0 Å². The van der Waals surface area contributed by atoms with Crippen LogP contribution >= 0.6 is 0 Å². The van der Waals surface area contributed by atoms with Crippen LogP contribution in [0.2, 0.25) is 0 Å². The summed E-state index contributed by atoms with van der Waals surface area (Å²) in [7, 11) is 0. The molecule has 2 amide bonds. The lowest BCUT2D eigenvalue weighted by atomic mass is 10.1. The Morgan fingerprint density at radius 3 is 2.41 bits per heavy atom. The summed E-state index contributed by atoms with van der Waals surface area (Å²) < 4.78 is 13.2. The van der Waals surface area contributed by atoms with Crippen LogP contribution in [-0.4, -0.2) is 49.4 Å². The summed E-state index contributed by atoms with van der Waals surface area (Å²) in [5, 5.41) is 3.02. The Balaban J connectivity index is 1.47. The number of carbonyl (C=O) groups is 2. The number of aryl methyl sites for hydroxylation is 2. The number of halogens is 1. The Kier molecular flexibility index (Phi) is 6.77. The maximum Gasteiger partial charge on any atom is 0.279 e. The first-order valence-corrected chi connectivity index (χ1v) is 9.84. The molecule has 2 aromatic carbocycles. The van der Waals surface area contributed by atoms with Crippen LogP contribution < -0.4 is 10.2 Å². The van der Waals surface area contributed by atoms with Crippen molar-refractivity contribution in [3.63, 3.8) is 0 Å². The summed E-state index contributed by atoms with van der Waals surface area (Å²) in [6.45, 7) is 6.99. The van der Waals surface area contributed by atoms with Gasteiger partial charge in [0.2, 0.25) is 5.91 Å². The topological polar surface area (TPSA) is 53.9 Å². The molecular formula is C23H27FN3O2+. The average Bonchev–Trinajstić information content (AvgIpc) is 2.70. The maximum absolute atomic E-state index is 13.2. The fourth-order valence-corrected chi connectivity index (χ4v) is 3.53. The Bertz CT molecular complexity index is 898. The SMILES string of the molecule is Cc1cccc(C)c1NC(=O)C[NH+]1CCN(C(=O)/C=C/c2cccc(F)c2)CC1. The Labute approximate surface area is 170 Å². The molecule has 6 heteroatoms. The number of para-hydroxylation sites is 1. The largest absolute Gasteiger partial charge is 0.328 e. The highest BCUT2D eigenvalue weighted by Crippen LogP contribution is 2.18. The minimum absolute atomic E-state index is 0.0109. The van der Waals surface area contributed by atoms with Crippen LogP contribution in [0.5, 0.6) is 0 Å². The van der Waals surface area contributed by atoms with Crippen molar-refractivity contribution < 1.29 is 18.9 Å². The van der Waals surface area contributed by atoms with E-state index in [1.54, 1.807) is 23.1 Å². The average molecular weight is 396 g/mol. The van der Waals surface area contributed by atoms with E-state index in [9.17, 15) is 14.0 Å². The van der Waals surface area contributed by atoms with Crippen LogP contribution in [0.4, 0.5) is 10.1 Å². The number of quaternary nitrogens is 1. The van der Waals surface area contributed by atoms with Crippen LogP contribution in [0.15, 0.2) is 48.5 Å². The standard InChI is InChI=1S/C23H26FN3O2/c1-17-5-3-6-18(2)23(17)25-21(28)16-26-11-13-27(14-12-26)22(29)10-9-19-7-4-8-20(24)15-19/h3-10,15H,11-14,16H2,1-2H3,(H,25,28)/p+1/b10-9+. The quantitative estimate of drug-likeness (QED) is 0.758. The van der Waals surface area contributed by atoms with E-state index in [1.165, 1.54) is 18.2 Å². The number of hydrogen-bond acceptors (Lipinski definition) is 2. The van der Waals surface area contributed by atoms with Gasteiger partial charge < -0.3 is 15.1 Å². The third-order valence-electron chi connectivity index (χ3n) is 5.21. The molecule has 2 N–H and O–H groups in total. The predicted molar refractivity (Wildman–Crippen MR) is 112 cm³/mol. The van der Waals surface area contributed by atoms with Crippen molar-refractivity contribution in [2.45, 2.75) is 13.8 Å². The Hall–Kier alpha value is -2.99. The van der Waals surface area contributed by atoms with Crippen molar-refractivity contribution >= 4 is 23.6 Å². The second-order valence-corrected chi connectivity index (χ2v) is 7.46. The molecule has 0 aliphatic carbocycles. The zero-order valence-electron chi connectivity index (χ0n) is 16.9. The molecule has 1 saturated heterocycles. The van der Waals surface area contributed by atoms with E-state index in [2.05, 4.69) is 5.32 Å². The van der Waals surface area contributed by atoms with E-state index in [-0.39, 0.29) is 17.6 Å². The molecular weight excluding hydrogens is 369 g/mol. The highest BCUT2D eigenvalue weighted by atomic mass is 19.1. The molecule has 0 unspecified atom stereocenters. The summed E-state index contributed by atoms with van der Waals surface area (Å²) in [6.07, 6.45) is 3.11. The van der Waals surface area contributed by atoms with Gasteiger partial charge in [0.25, 0.3) is 5.91 Å². The summed E-state index contributed by atoms with van der Waals surface area (Å²) in [5.41, 5.74) is 3.64. The Morgan fingerprint density at radius 1 is 1.10 bits per heavy atom. The van der Waals surface area contributed by atoms with Crippen molar-refractivity contribution in [1.29, 1.82) is 0 Å². The van der Waals surface area contributed by atoms with Gasteiger partial charge in [-0.25, -0.2) is 4.39 Å². The summed E-state index contributed by atoms with van der Waals surface area (Å²) >= 11 is 0. The van der Waals surface area contributed by atoms with E-state index in [4.69, 9.17) is 0 Å². The third kappa shape index (κ3) is 5.74. The number of amides is 2. The molecule has 5 nitrogen and oxygen atoms in total. The monoisotopic (exact) mass is 396 g/mol. The van der Waals surface area contributed by atoms with E-state index in [0.29, 0.717) is 25.2 Å². The maximum atomic E-state index is 13.2. The normalized spacial score (nSPS) is 14.9.